The van der Waals surface area contributed by atoms with E-state index in [4.69, 9.17) is 20.0 Å². The molecule has 0 radical (unpaired) electrons. The average molecular weight is 524 g/mol. The summed E-state index contributed by atoms with van der Waals surface area (Å²) < 4.78 is 35.0. The minimum atomic E-state index is -3.55. The molecule has 3 saturated heterocycles. The summed E-state index contributed by atoms with van der Waals surface area (Å²) in [5.74, 6) is 2.23. The van der Waals surface area contributed by atoms with E-state index in [1.54, 1.807) is 11.4 Å². The van der Waals surface area contributed by atoms with Gasteiger partial charge in [-0.3, -0.25) is 5.10 Å². The number of H-pyrrole nitrogens is 1. The first-order valence-corrected chi connectivity index (χ1v) is 13.8. The van der Waals surface area contributed by atoms with E-state index < -0.39 is 10.2 Å². The van der Waals surface area contributed by atoms with E-state index in [9.17, 15) is 8.42 Å². The van der Waals surface area contributed by atoms with Crippen molar-refractivity contribution in [1.82, 2.24) is 28.8 Å². The summed E-state index contributed by atoms with van der Waals surface area (Å²) in [5, 5.41) is 23.8. The number of hydrogen-bond donors (Lipinski definition) is 3. The summed E-state index contributed by atoms with van der Waals surface area (Å²) in [6.07, 6.45) is 3.01. The molecular weight excluding hydrogens is 494 g/mol. The van der Waals surface area contributed by atoms with E-state index in [1.165, 1.54) is 4.31 Å². The number of nitrogens with one attached hydrogen (secondary N) is 3. The number of rotatable bonds is 7. The third kappa shape index (κ3) is 4.35. The average Bonchev–Trinajstić information content (AvgIpc) is 3.38. The zero-order chi connectivity index (χ0) is 25.7. The molecule has 5 heterocycles. The quantitative estimate of drug-likeness (QED) is 0.424. The molecule has 3 N–H and O–H groups in total. The van der Waals surface area contributed by atoms with Crippen molar-refractivity contribution in [3.8, 4) is 11.8 Å². The Labute approximate surface area is 215 Å². The Morgan fingerprint density at radius 1 is 1.16 bits per heavy atom. The Morgan fingerprint density at radius 2 is 1.92 bits per heavy atom. The number of aryl methyl sites for hydroxylation is 1. The van der Waals surface area contributed by atoms with Gasteiger partial charge in [-0.1, -0.05) is 0 Å². The topological polar surface area (TPSA) is 152 Å². The second-order valence-electron chi connectivity index (χ2n) is 10.0. The highest BCUT2D eigenvalue weighted by molar-refractivity contribution is 7.86. The summed E-state index contributed by atoms with van der Waals surface area (Å²) >= 11 is 0. The highest BCUT2D eigenvalue weighted by Gasteiger charge is 2.51. The van der Waals surface area contributed by atoms with Gasteiger partial charge in [0.1, 0.15) is 11.6 Å². The van der Waals surface area contributed by atoms with Crippen LogP contribution in [0.2, 0.25) is 0 Å². The van der Waals surface area contributed by atoms with E-state index in [2.05, 4.69) is 26.9 Å². The predicted octanol–water partition coefficient (Wildman–Crippen LogP) is 2.52. The van der Waals surface area contributed by atoms with E-state index in [1.807, 2.05) is 31.2 Å². The highest BCUT2D eigenvalue weighted by Crippen LogP contribution is 2.41. The molecule has 3 fully saturated rings. The summed E-state index contributed by atoms with van der Waals surface area (Å²) in [6, 6.07) is 9.58. The van der Waals surface area contributed by atoms with Crippen LogP contribution in [-0.4, -0.2) is 75.5 Å². The monoisotopic (exact) mass is 523 g/mol. The number of aromatic amines is 1. The number of fused-ring (bicyclic) bond motifs is 3. The smallest absolute Gasteiger partial charge is 0.282 e. The van der Waals surface area contributed by atoms with E-state index >= 15 is 0 Å². The van der Waals surface area contributed by atoms with Crippen LogP contribution in [0, 0.1) is 24.2 Å². The zero-order valence-corrected chi connectivity index (χ0v) is 21.5. The van der Waals surface area contributed by atoms with Crippen molar-refractivity contribution in [2.45, 2.75) is 50.7 Å². The highest BCUT2D eigenvalue weighted by atomic mass is 32.2. The van der Waals surface area contributed by atoms with Crippen LogP contribution in [0.1, 0.15) is 31.4 Å². The Kier molecular flexibility index (Phi) is 5.89. The van der Waals surface area contributed by atoms with Crippen molar-refractivity contribution < 1.29 is 13.2 Å². The lowest BCUT2D eigenvalue weighted by molar-refractivity contribution is 0.182. The zero-order valence-electron chi connectivity index (χ0n) is 20.7. The van der Waals surface area contributed by atoms with Gasteiger partial charge >= 0.3 is 0 Å². The number of hydrogen-bond acceptors (Lipinski definition) is 9. The molecule has 2 bridgehead atoms. The van der Waals surface area contributed by atoms with Crippen LogP contribution in [-0.2, 0) is 10.2 Å². The molecule has 2 aromatic heterocycles. The van der Waals surface area contributed by atoms with Gasteiger partial charge in [0.15, 0.2) is 5.82 Å². The molecule has 0 spiro atoms. The molecule has 1 aromatic carbocycles. The fourth-order valence-corrected chi connectivity index (χ4v) is 7.79. The lowest BCUT2D eigenvalue weighted by atomic mass is 10.00. The lowest BCUT2D eigenvalue weighted by Crippen LogP contribution is -2.59. The van der Waals surface area contributed by atoms with Gasteiger partial charge in [0, 0.05) is 54.4 Å². The Morgan fingerprint density at radius 3 is 2.57 bits per heavy atom. The van der Waals surface area contributed by atoms with E-state index in [0.717, 1.165) is 29.4 Å². The maximum atomic E-state index is 13.3. The molecular formula is C24H29N9O3S. The van der Waals surface area contributed by atoms with E-state index in [0.29, 0.717) is 36.2 Å². The lowest BCUT2D eigenvalue weighted by Gasteiger charge is -2.43. The summed E-state index contributed by atoms with van der Waals surface area (Å²) in [7, 11) is -1.94. The number of nitriles is 1. The molecule has 13 heteroatoms. The van der Waals surface area contributed by atoms with Crippen molar-refractivity contribution in [1.29, 1.82) is 5.26 Å². The number of ether oxygens (including phenoxy) is 1. The van der Waals surface area contributed by atoms with Crippen molar-refractivity contribution in [2.75, 3.05) is 30.8 Å². The molecule has 12 nitrogen and oxygen atoms in total. The third-order valence-corrected chi connectivity index (χ3v) is 9.56. The van der Waals surface area contributed by atoms with Crippen LogP contribution in [0.3, 0.4) is 0 Å². The minimum absolute atomic E-state index is 0.0377. The van der Waals surface area contributed by atoms with Crippen LogP contribution in [0.5, 0.6) is 5.75 Å². The van der Waals surface area contributed by atoms with Gasteiger partial charge < -0.3 is 15.4 Å². The summed E-state index contributed by atoms with van der Waals surface area (Å²) in [5.41, 5.74) is 1.65. The third-order valence-electron chi connectivity index (χ3n) is 7.48. The molecule has 0 amide bonds. The van der Waals surface area contributed by atoms with Crippen molar-refractivity contribution in [3.05, 3.63) is 30.0 Å². The molecule has 1 unspecified atom stereocenters. The SMILES string of the molecule is COc1ccc2c(Nc3cc(C)[nH]n3)nc(NC3C[C@H]4CC[C@@H](C3)N4S(=O)(=O)N3CC(C#N)C3)nc2c1. The first-order valence-electron chi connectivity index (χ1n) is 12.4. The number of benzene rings is 1. The molecule has 3 aliphatic rings. The summed E-state index contributed by atoms with van der Waals surface area (Å²) in [6.45, 7) is 2.51. The van der Waals surface area contributed by atoms with Crippen molar-refractivity contribution >= 4 is 38.7 Å². The minimum Gasteiger partial charge on any atom is -0.497 e. The van der Waals surface area contributed by atoms with Gasteiger partial charge in [-0.15, -0.1) is 0 Å². The number of aromatic nitrogens is 4. The van der Waals surface area contributed by atoms with Crippen LogP contribution in [0.25, 0.3) is 10.9 Å². The van der Waals surface area contributed by atoms with Gasteiger partial charge in [-0.25, -0.2) is 4.98 Å². The predicted molar refractivity (Wildman–Crippen MR) is 138 cm³/mol. The maximum Gasteiger partial charge on any atom is 0.282 e. The van der Waals surface area contributed by atoms with Crippen LogP contribution in [0.15, 0.2) is 24.3 Å². The van der Waals surface area contributed by atoms with E-state index in [-0.39, 0.29) is 37.1 Å². The molecule has 37 heavy (non-hydrogen) atoms. The Bertz CT molecular complexity index is 1460. The number of methoxy groups -OCH3 is 1. The molecule has 3 aromatic rings. The van der Waals surface area contributed by atoms with Gasteiger partial charge in [0.05, 0.1) is 24.6 Å². The fraction of sp³-hybridized carbons (Fsp3) is 0.500. The largest absolute Gasteiger partial charge is 0.497 e. The van der Waals surface area contributed by atoms with Gasteiger partial charge in [0.25, 0.3) is 10.2 Å². The number of piperidine rings is 1. The molecule has 194 valence electrons. The van der Waals surface area contributed by atoms with Crippen LogP contribution in [0.4, 0.5) is 17.6 Å². The normalized spacial score (nSPS) is 24.5. The van der Waals surface area contributed by atoms with Crippen molar-refractivity contribution in [3.63, 3.8) is 0 Å². The second kappa shape index (κ2) is 9.13. The number of nitrogens with zero attached hydrogens (tertiary/aromatic N) is 6. The summed E-state index contributed by atoms with van der Waals surface area (Å²) in [4.78, 5) is 9.51. The molecule has 3 aliphatic heterocycles. The first kappa shape index (κ1) is 23.9. The van der Waals surface area contributed by atoms with Crippen LogP contribution < -0.4 is 15.4 Å². The van der Waals surface area contributed by atoms with Gasteiger partial charge in [-0.05, 0) is 44.7 Å². The second-order valence-corrected chi connectivity index (χ2v) is 11.9. The van der Waals surface area contributed by atoms with Crippen LogP contribution >= 0.6 is 0 Å². The number of anilines is 3. The first-order chi connectivity index (χ1) is 17.8. The van der Waals surface area contributed by atoms with Gasteiger partial charge in [-0.2, -0.15) is 32.4 Å². The van der Waals surface area contributed by atoms with Crippen molar-refractivity contribution in [2.24, 2.45) is 5.92 Å². The Balaban J connectivity index is 1.23. The Hall–Kier alpha value is -3.47. The maximum absolute atomic E-state index is 13.3. The molecule has 0 aliphatic carbocycles. The van der Waals surface area contributed by atoms with Gasteiger partial charge in [0.2, 0.25) is 5.95 Å². The standard InChI is InChI=1S/C24H29N9O3S/c1-14-7-22(31-30-14)28-23-20-6-5-19(36-2)10-21(20)27-24(29-23)26-16-8-17-3-4-18(9-16)33(17)37(34,35)32-12-15(11-25)13-32/h5-7,10,15-18H,3-4,8-9,12-13H2,1-2H3,(H3,26,27,28,29,30,31)/t16?,17-,18+. The fourth-order valence-electron chi connectivity index (χ4n) is 5.65. The molecule has 6 rings (SSSR count). The molecule has 0 saturated carbocycles. The molecule has 3 atom stereocenters.